The molecule has 1 aliphatic rings. The van der Waals surface area contributed by atoms with Gasteiger partial charge in [-0.2, -0.15) is 0 Å². The fourth-order valence-corrected chi connectivity index (χ4v) is 2.52. The molecule has 17 heavy (non-hydrogen) atoms. The molecule has 0 saturated heterocycles. The molecule has 1 N–H and O–H groups in total. The quantitative estimate of drug-likeness (QED) is 0.849. The van der Waals surface area contributed by atoms with Gasteiger partial charge in [0.25, 0.3) is 0 Å². The SMILES string of the molecule is CNC(C)c1cccc2c1ccn2CC1CC1. The maximum absolute atomic E-state index is 3.33. The molecule has 1 aliphatic carbocycles. The topological polar surface area (TPSA) is 17.0 Å². The van der Waals surface area contributed by atoms with Crippen molar-refractivity contribution < 1.29 is 0 Å². The molecule has 0 spiro atoms. The molecule has 1 atom stereocenters. The zero-order chi connectivity index (χ0) is 11.8. The van der Waals surface area contributed by atoms with Crippen molar-refractivity contribution in [2.24, 2.45) is 5.92 Å². The Morgan fingerprint density at radius 1 is 1.35 bits per heavy atom. The van der Waals surface area contributed by atoms with Crippen LogP contribution in [0.1, 0.15) is 31.4 Å². The van der Waals surface area contributed by atoms with Gasteiger partial charge in [-0.25, -0.2) is 0 Å². The van der Waals surface area contributed by atoms with Crippen LogP contribution < -0.4 is 5.32 Å². The molecule has 1 unspecified atom stereocenters. The summed E-state index contributed by atoms with van der Waals surface area (Å²) in [6, 6.07) is 9.32. The highest BCUT2D eigenvalue weighted by molar-refractivity contribution is 5.84. The highest BCUT2D eigenvalue weighted by Gasteiger charge is 2.22. The van der Waals surface area contributed by atoms with E-state index in [4.69, 9.17) is 0 Å². The van der Waals surface area contributed by atoms with Crippen LogP contribution in [-0.4, -0.2) is 11.6 Å². The number of fused-ring (bicyclic) bond motifs is 1. The van der Waals surface area contributed by atoms with E-state index in [1.165, 1.54) is 35.9 Å². The van der Waals surface area contributed by atoms with E-state index in [9.17, 15) is 0 Å². The summed E-state index contributed by atoms with van der Waals surface area (Å²) < 4.78 is 2.42. The Bertz CT molecular complexity index is 523. The molecule has 0 bridgehead atoms. The van der Waals surface area contributed by atoms with Crippen LogP contribution in [0.3, 0.4) is 0 Å². The normalized spacial score (nSPS) is 17.5. The van der Waals surface area contributed by atoms with E-state index in [1.807, 2.05) is 7.05 Å². The smallest absolute Gasteiger partial charge is 0.0483 e. The van der Waals surface area contributed by atoms with Crippen molar-refractivity contribution in [1.82, 2.24) is 9.88 Å². The number of nitrogens with zero attached hydrogens (tertiary/aromatic N) is 1. The zero-order valence-electron chi connectivity index (χ0n) is 10.6. The summed E-state index contributed by atoms with van der Waals surface area (Å²) in [6.07, 6.45) is 5.06. The standard InChI is InChI=1S/C15H20N2/c1-11(16-2)13-4-3-5-15-14(13)8-9-17(15)10-12-6-7-12/h3-5,8-9,11-12,16H,6-7,10H2,1-2H3. The molecule has 0 aliphatic heterocycles. The van der Waals surface area contributed by atoms with Crippen molar-refractivity contribution in [3.8, 4) is 0 Å². The molecule has 1 fully saturated rings. The molecule has 2 nitrogen and oxygen atoms in total. The van der Waals surface area contributed by atoms with E-state index in [-0.39, 0.29) is 0 Å². The van der Waals surface area contributed by atoms with Crippen molar-refractivity contribution in [3.05, 3.63) is 36.0 Å². The Balaban J connectivity index is 2.04. The summed E-state index contributed by atoms with van der Waals surface area (Å²) in [5.41, 5.74) is 2.79. The molecular weight excluding hydrogens is 208 g/mol. The lowest BCUT2D eigenvalue weighted by molar-refractivity contribution is 0.645. The number of benzene rings is 1. The van der Waals surface area contributed by atoms with Crippen molar-refractivity contribution in [3.63, 3.8) is 0 Å². The highest BCUT2D eigenvalue weighted by Crippen LogP contribution is 2.33. The first kappa shape index (κ1) is 10.8. The molecule has 1 aromatic heterocycles. The summed E-state index contributed by atoms with van der Waals surface area (Å²) in [7, 11) is 2.02. The van der Waals surface area contributed by atoms with Gasteiger partial charge < -0.3 is 9.88 Å². The third-order valence-electron chi connectivity index (χ3n) is 3.90. The van der Waals surface area contributed by atoms with Crippen LogP contribution in [0.2, 0.25) is 0 Å². The first-order valence-electron chi connectivity index (χ1n) is 6.54. The minimum absolute atomic E-state index is 0.412. The van der Waals surface area contributed by atoms with E-state index in [0.717, 1.165) is 5.92 Å². The van der Waals surface area contributed by atoms with Gasteiger partial charge >= 0.3 is 0 Å². The van der Waals surface area contributed by atoms with Crippen molar-refractivity contribution in [2.45, 2.75) is 32.4 Å². The Morgan fingerprint density at radius 2 is 2.18 bits per heavy atom. The summed E-state index contributed by atoms with van der Waals surface area (Å²) in [4.78, 5) is 0. The first-order valence-corrected chi connectivity index (χ1v) is 6.54. The van der Waals surface area contributed by atoms with Crippen LogP contribution in [0.5, 0.6) is 0 Å². The van der Waals surface area contributed by atoms with Crippen molar-refractivity contribution >= 4 is 10.9 Å². The van der Waals surface area contributed by atoms with Gasteiger partial charge in [-0.3, -0.25) is 0 Å². The number of aromatic nitrogens is 1. The van der Waals surface area contributed by atoms with Gasteiger partial charge in [-0.1, -0.05) is 12.1 Å². The average molecular weight is 228 g/mol. The molecule has 3 rings (SSSR count). The molecule has 1 saturated carbocycles. The average Bonchev–Trinajstić information content (AvgIpc) is 3.08. The largest absolute Gasteiger partial charge is 0.347 e. The van der Waals surface area contributed by atoms with Gasteiger partial charge in [0.15, 0.2) is 0 Å². The Hall–Kier alpha value is -1.28. The summed E-state index contributed by atoms with van der Waals surface area (Å²) in [6.45, 7) is 3.41. The van der Waals surface area contributed by atoms with Gasteiger partial charge in [0, 0.05) is 29.7 Å². The van der Waals surface area contributed by atoms with Gasteiger partial charge in [0.05, 0.1) is 0 Å². The lowest BCUT2D eigenvalue weighted by Gasteiger charge is -2.12. The highest BCUT2D eigenvalue weighted by atomic mass is 15.0. The van der Waals surface area contributed by atoms with Crippen molar-refractivity contribution in [1.29, 1.82) is 0 Å². The van der Waals surface area contributed by atoms with Crippen LogP contribution in [0.15, 0.2) is 30.5 Å². The van der Waals surface area contributed by atoms with Gasteiger partial charge in [0.1, 0.15) is 0 Å². The molecule has 2 heteroatoms. The lowest BCUT2D eigenvalue weighted by atomic mass is 10.0. The first-order chi connectivity index (χ1) is 8.29. The monoisotopic (exact) mass is 228 g/mol. The Labute approximate surface area is 103 Å². The van der Waals surface area contributed by atoms with Gasteiger partial charge in [0.2, 0.25) is 0 Å². The van der Waals surface area contributed by atoms with E-state index in [2.05, 4.69) is 47.3 Å². The third kappa shape index (κ3) is 1.98. The maximum atomic E-state index is 3.33. The van der Waals surface area contributed by atoms with E-state index in [1.54, 1.807) is 0 Å². The third-order valence-corrected chi connectivity index (χ3v) is 3.90. The van der Waals surface area contributed by atoms with E-state index < -0.39 is 0 Å². The second-order valence-corrected chi connectivity index (χ2v) is 5.20. The fourth-order valence-electron chi connectivity index (χ4n) is 2.52. The lowest BCUT2D eigenvalue weighted by Crippen LogP contribution is -2.12. The molecule has 90 valence electrons. The Morgan fingerprint density at radius 3 is 2.88 bits per heavy atom. The predicted octanol–water partition coefficient (Wildman–Crippen LogP) is 3.33. The van der Waals surface area contributed by atoms with E-state index >= 15 is 0 Å². The molecule has 1 heterocycles. The van der Waals surface area contributed by atoms with Crippen LogP contribution in [0.25, 0.3) is 10.9 Å². The van der Waals surface area contributed by atoms with Gasteiger partial charge in [-0.15, -0.1) is 0 Å². The zero-order valence-corrected chi connectivity index (χ0v) is 10.6. The van der Waals surface area contributed by atoms with Crippen molar-refractivity contribution in [2.75, 3.05) is 7.05 Å². The predicted molar refractivity (Wildman–Crippen MR) is 72.1 cm³/mol. The summed E-state index contributed by atoms with van der Waals surface area (Å²) >= 11 is 0. The fraction of sp³-hybridized carbons (Fsp3) is 0.467. The molecule has 1 aromatic carbocycles. The second-order valence-electron chi connectivity index (χ2n) is 5.20. The van der Waals surface area contributed by atoms with Crippen LogP contribution >= 0.6 is 0 Å². The summed E-state index contributed by atoms with van der Waals surface area (Å²) in [5, 5.41) is 4.72. The number of rotatable bonds is 4. The van der Waals surface area contributed by atoms with Crippen LogP contribution in [0.4, 0.5) is 0 Å². The van der Waals surface area contributed by atoms with Crippen LogP contribution in [-0.2, 0) is 6.54 Å². The minimum atomic E-state index is 0.412. The number of hydrogen-bond donors (Lipinski definition) is 1. The molecule has 2 aromatic rings. The maximum Gasteiger partial charge on any atom is 0.0483 e. The van der Waals surface area contributed by atoms with Crippen LogP contribution in [0, 0.1) is 5.92 Å². The van der Waals surface area contributed by atoms with Gasteiger partial charge in [-0.05, 0) is 50.4 Å². The van der Waals surface area contributed by atoms with E-state index in [0.29, 0.717) is 6.04 Å². The molecule has 0 radical (unpaired) electrons. The second kappa shape index (κ2) is 4.19. The number of hydrogen-bond acceptors (Lipinski definition) is 1. The summed E-state index contributed by atoms with van der Waals surface area (Å²) in [5.74, 6) is 0.927. The molecule has 0 amide bonds. The Kier molecular flexibility index (Phi) is 2.67. The molecular formula is C15H20N2. The number of nitrogens with one attached hydrogen (secondary N) is 1. The minimum Gasteiger partial charge on any atom is -0.347 e.